The number of aliphatic hydroxyl groups is 2. The summed E-state index contributed by atoms with van der Waals surface area (Å²) in [4.78, 5) is 120. The van der Waals surface area contributed by atoms with Crippen molar-refractivity contribution in [2.45, 2.75) is 128 Å². The molecule has 7 heterocycles. The van der Waals surface area contributed by atoms with Crippen LogP contribution < -0.4 is 35.9 Å². The van der Waals surface area contributed by atoms with E-state index < -0.39 is 47.9 Å². The molecule has 6 N–H and O–H groups in total. The van der Waals surface area contributed by atoms with Crippen molar-refractivity contribution in [3.63, 3.8) is 0 Å². The van der Waals surface area contributed by atoms with E-state index in [2.05, 4.69) is 27.0 Å². The summed E-state index contributed by atoms with van der Waals surface area (Å²) in [7, 11) is 1.45. The first kappa shape index (κ1) is 64.9. The summed E-state index contributed by atoms with van der Waals surface area (Å²) in [5, 5.41) is 29.3. The van der Waals surface area contributed by atoms with Crippen LogP contribution in [0, 0.1) is 12.8 Å². The van der Waals surface area contributed by atoms with Gasteiger partial charge >= 0.3 is 24.2 Å². The Morgan fingerprint density at radius 2 is 1.62 bits per heavy atom. The molecule has 0 saturated carbocycles. The molecule has 4 aromatic carbocycles. The first-order valence-corrected chi connectivity index (χ1v) is 32.0. The van der Waals surface area contributed by atoms with Crippen LogP contribution in [0.15, 0.2) is 102 Å². The number of aldehydes is 1. The van der Waals surface area contributed by atoms with Gasteiger partial charge in [0.1, 0.15) is 31.3 Å². The van der Waals surface area contributed by atoms with E-state index in [4.69, 9.17) is 28.7 Å². The van der Waals surface area contributed by atoms with Crippen LogP contribution in [-0.4, -0.2) is 137 Å². The average molecular weight is 1270 g/mol. The Hall–Kier alpha value is -9.61. The van der Waals surface area contributed by atoms with E-state index in [1.54, 1.807) is 35.4 Å². The second-order valence-electron chi connectivity index (χ2n) is 24.2. The van der Waals surface area contributed by atoms with Gasteiger partial charge in [-0.15, -0.1) is 0 Å². The van der Waals surface area contributed by atoms with Gasteiger partial charge < -0.3 is 69.1 Å². The molecule has 1 saturated heterocycles. The van der Waals surface area contributed by atoms with Gasteiger partial charge in [-0.3, -0.25) is 19.3 Å². The van der Waals surface area contributed by atoms with Gasteiger partial charge in [0, 0.05) is 83.7 Å². The highest BCUT2D eigenvalue weighted by Crippen LogP contribution is 2.46. The highest BCUT2D eigenvalue weighted by Gasteiger charge is 2.51. The fraction of sp³-hybridized carbons (Fsp3) is 0.414. The number of carbonyl (C=O) groups excluding carboxylic acids is 7. The summed E-state index contributed by atoms with van der Waals surface area (Å²) in [6, 6.07) is 29.0. The molecule has 23 heteroatoms. The van der Waals surface area contributed by atoms with Crippen molar-refractivity contribution in [2.75, 3.05) is 58.0 Å². The number of methoxy groups -OCH3 is 1. The molecule has 23 nitrogen and oxygen atoms in total. The molecule has 5 atom stereocenters. The largest absolute Gasteiger partial charge is 0.493 e. The minimum absolute atomic E-state index is 0.0204. The lowest BCUT2D eigenvalue weighted by atomic mass is 9.85. The molecule has 1 unspecified atom stereocenters. The third-order valence-corrected chi connectivity index (χ3v) is 18.3. The van der Waals surface area contributed by atoms with Crippen molar-refractivity contribution >= 4 is 69.7 Å². The standard InChI is InChI=1S/C70H78N8O15/c1-4-70(55-37-58-60-47(33-44-15-5-7-20-56(44)74-60)38-77(58)65(84)54(55)41-90-66(70)85)93-67(86)72-27-11-9-16-45(34-51(82)18-13-14-43-22-24-49(25-23-43)76(28-30-79)29-31-80)64(83)71-26-12-10-17-48(39-81)73-68(87)92-63-42(2)32-46(35-59(63)89-3)62-61-53(36-50-40-91-69(88)78(50)62)52-19-6-8-21-57(52)75-61/h5-8,15,19-25,32-33,35,37,39,45,48,50,62,75,79-80H,4,9-14,16-18,26-31,34,36,38,40-41H2,1-3H3,(H,71,83)(H,72,86)(H,73,87)/t45-,48+,50?,62+,70-/m1/s1. The number of aliphatic hydroxyl groups excluding tert-OH is 2. The summed E-state index contributed by atoms with van der Waals surface area (Å²) in [6.07, 6.45) is 2.57. The number of anilines is 1. The molecule has 0 aliphatic carbocycles. The van der Waals surface area contributed by atoms with Gasteiger partial charge in [0.15, 0.2) is 11.5 Å². The van der Waals surface area contributed by atoms with E-state index in [0.29, 0.717) is 87.7 Å². The Kier molecular flexibility index (Phi) is 20.2. The molecule has 1 fully saturated rings. The zero-order valence-electron chi connectivity index (χ0n) is 52.5. The third-order valence-electron chi connectivity index (χ3n) is 18.3. The minimum atomic E-state index is -1.92. The number of aromatic nitrogens is 3. The Morgan fingerprint density at radius 3 is 2.39 bits per heavy atom. The number of unbranched alkanes of at least 4 members (excludes halogenated alkanes) is 2. The maximum absolute atomic E-state index is 14.1. The van der Waals surface area contributed by atoms with E-state index in [9.17, 15) is 48.6 Å². The number of carbonyl (C=O) groups is 7. The van der Waals surface area contributed by atoms with Crippen LogP contribution in [0.3, 0.4) is 0 Å². The monoisotopic (exact) mass is 1270 g/mol. The van der Waals surface area contributed by atoms with Crippen LogP contribution in [0.25, 0.3) is 33.2 Å². The first-order chi connectivity index (χ1) is 45.1. The summed E-state index contributed by atoms with van der Waals surface area (Å²) in [5.41, 5.74) is 6.95. The molecule has 488 valence electrons. The maximum Gasteiger partial charge on any atom is 0.413 e. The van der Waals surface area contributed by atoms with Crippen molar-refractivity contribution < 1.29 is 67.5 Å². The van der Waals surface area contributed by atoms with Crippen LogP contribution in [0.1, 0.15) is 122 Å². The van der Waals surface area contributed by atoms with E-state index >= 15 is 0 Å². The number of rotatable bonds is 29. The number of aryl methyl sites for hydroxylation is 2. The summed E-state index contributed by atoms with van der Waals surface area (Å²) < 4.78 is 30.2. The third kappa shape index (κ3) is 13.8. The fourth-order valence-corrected chi connectivity index (χ4v) is 13.5. The van der Waals surface area contributed by atoms with Crippen molar-refractivity contribution in [2.24, 2.45) is 5.92 Å². The van der Waals surface area contributed by atoms with Gasteiger partial charge in [-0.05, 0) is 135 Å². The first-order valence-electron chi connectivity index (χ1n) is 32.0. The normalized spacial score (nSPS) is 17.4. The molecule has 0 spiro atoms. The van der Waals surface area contributed by atoms with Gasteiger partial charge in [0.2, 0.25) is 11.5 Å². The van der Waals surface area contributed by atoms with E-state index in [1.807, 2.05) is 83.8 Å². The van der Waals surface area contributed by atoms with Gasteiger partial charge in [-0.2, -0.15) is 0 Å². The average Bonchev–Trinajstić information content (AvgIpc) is 1.67. The van der Waals surface area contributed by atoms with Crippen LogP contribution >= 0.6 is 0 Å². The number of hydrogen-bond donors (Lipinski definition) is 6. The Morgan fingerprint density at radius 1 is 0.871 bits per heavy atom. The lowest BCUT2D eigenvalue weighted by molar-refractivity contribution is -0.172. The number of para-hydroxylation sites is 2. The van der Waals surface area contributed by atoms with Crippen molar-refractivity contribution in [3.05, 3.63) is 152 Å². The number of aromatic amines is 1. The van der Waals surface area contributed by atoms with Crippen LogP contribution in [0.5, 0.6) is 11.5 Å². The highest BCUT2D eigenvalue weighted by atomic mass is 16.6. The zero-order valence-corrected chi connectivity index (χ0v) is 52.5. The lowest BCUT2D eigenvalue weighted by Crippen LogP contribution is -2.49. The molecule has 93 heavy (non-hydrogen) atoms. The number of fused-ring (bicyclic) bond motifs is 9. The van der Waals surface area contributed by atoms with Gasteiger partial charge in [0.25, 0.3) is 5.56 Å². The number of Topliss-reactive ketones (excluding diaryl/α,β-unsaturated/α-hetero) is 1. The number of cyclic esters (lactones) is 2. The number of hydrogen-bond acceptors (Lipinski definition) is 17. The topological polar surface area (TPSA) is 299 Å². The number of H-pyrrole nitrogens is 1. The number of amides is 4. The van der Waals surface area contributed by atoms with Crippen LogP contribution in [0.4, 0.5) is 20.1 Å². The number of ketones is 1. The number of benzene rings is 4. The lowest BCUT2D eigenvalue weighted by Gasteiger charge is -2.36. The Bertz CT molecular complexity index is 4030. The number of pyridine rings is 2. The molecule has 7 aromatic rings. The van der Waals surface area contributed by atoms with Crippen molar-refractivity contribution in [1.29, 1.82) is 0 Å². The zero-order chi connectivity index (χ0) is 65.3. The Balaban J connectivity index is 0.684. The molecule has 11 rings (SSSR count). The fourth-order valence-electron chi connectivity index (χ4n) is 13.5. The molecule has 4 amide bonds. The number of alkyl carbamates (subject to hydrolysis) is 1. The smallest absolute Gasteiger partial charge is 0.413 e. The Labute approximate surface area is 537 Å². The summed E-state index contributed by atoms with van der Waals surface area (Å²) in [5.74, 6) is -1.55. The molecule has 0 bridgehead atoms. The molecular weight excluding hydrogens is 1190 g/mol. The van der Waals surface area contributed by atoms with Crippen molar-refractivity contribution in [3.8, 4) is 22.9 Å². The number of esters is 1. The summed E-state index contributed by atoms with van der Waals surface area (Å²) >= 11 is 0. The van der Waals surface area contributed by atoms with Crippen molar-refractivity contribution in [1.82, 2.24) is 35.4 Å². The maximum atomic E-state index is 14.1. The molecule has 0 radical (unpaired) electrons. The van der Waals surface area contributed by atoms with Crippen LogP contribution in [-0.2, 0) is 65.0 Å². The van der Waals surface area contributed by atoms with E-state index in [-0.39, 0.29) is 118 Å². The minimum Gasteiger partial charge on any atom is -0.493 e. The second kappa shape index (κ2) is 28.9. The number of ether oxygens (including phenoxy) is 5. The van der Waals surface area contributed by atoms with Gasteiger partial charge in [0.05, 0.1) is 61.4 Å². The molecule has 3 aromatic heterocycles. The summed E-state index contributed by atoms with van der Waals surface area (Å²) in [6.45, 7) is 4.66. The van der Waals surface area contributed by atoms with E-state index in [1.165, 1.54) is 7.11 Å². The second-order valence-corrected chi connectivity index (χ2v) is 24.2. The molecule has 4 aliphatic rings. The molecular formula is C70H78N8O15. The number of nitrogens with zero attached hydrogens (tertiary/aromatic N) is 4. The quantitative estimate of drug-likeness (QED) is 0.0111. The van der Waals surface area contributed by atoms with Crippen LogP contribution in [0.2, 0.25) is 0 Å². The van der Waals surface area contributed by atoms with Gasteiger partial charge in [-0.25, -0.2) is 24.2 Å². The predicted molar refractivity (Wildman–Crippen MR) is 344 cm³/mol. The van der Waals surface area contributed by atoms with E-state index in [0.717, 1.165) is 55.4 Å². The predicted octanol–water partition coefficient (Wildman–Crippen LogP) is 8.28. The SMILES string of the molecule is CC[C@]1(OC(=O)NCCCC[C@H](CC(=O)CCCc2ccc(N(CCO)CCO)cc2)C(=O)NCCCC[C@@H](C=O)NC(=O)Oc2c(C)cc([C@H]3c4[nH]c5ccccc5c4CC4COC(=O)N43)cc2OC)C(=O)OCc2c1cc1n(c2=O)Cc2cc3ccccc3nc2-1. The number of nitrogens with one attached hydrogen (secondary N) is 4. The van der Waals surface area contributed by atoms with Gasteiger partial charge in [-0.1, -0.05) is 61.9 Å². The molecule has 4 aliphatic heterocycles. The highest BCUT2D eigenvalue weighted by molar-refractivity contribution is 5.90.